The van der Waals surface area contributed by atoms with Crippen molar-refractivity contribution in [3.05, 3.63) is 53.8 Å². The van der Waals surface area contributed by atoms with Crippen LogP contribution in [0.2, 0.25) is 0 Å². The van der Waals surface area contributed by atoms with Gasteiger partial charge in [0.1, 0.15) is 12.1 Å². The Kier molecular flexibility index (Phi) is 5.54. The van der Waals surface area contributed by atoms with Crippen LogP contribution in [-0.2, 0) is 17.5 Å². The number of nitro benzene ring substituents is 2. The van der Waals surface area contributed by atoms with Gasteiger partial charge in [0, 0.05) is 18.1 Å². The van der Waals surface area contributed by atoms with Crippen molar-refractivity contribution in [1.82, 2.24) is 9.78 Å². The van der Waals surface area contributed by atoms with Crippen LogP contribution < -0.4 is 5.32 Å². The van der Waals surface area contributed by atoms with E-state index in [0.29, 0.717) is 12.8 Å². The van der Waals surface area contributed by atoms with Crippen LogP contribution in [0.15, 0.2) is 16.6 Å². The average molecular weight is 492 g/mol. The summed E-state index contributed by atoms with van der Waals surface area (Å²) in [6.07, 6.45) is -3.42. The quantitative estimate of drug-likeness (QED) is 0.472. The zero-order valence-corrected chi connectivity index (χ0v) is 16.8. The zero-order chi connectivity index (χ0) is 22.4. The van der Waals surface area contributed by atoms with Gasteiger partial charge in [-0.15, -0.1) is 0 Å². The number of hydrogen-bond donors (Lipinski definition) is 1. The van der Waals surface area contributed by atoms with Gasteiger partial charge >= 0.3 is 6.18 Å². The molecule has 0 unspecified atom stereocenters. The molecule has 160 valence electrons. The Morgan fingerprint density at radius 2 is 1.80 bits per heavy atom. The first-order chi connectivity index (χ1) is 13.9. The Bertz CT molecular complexity index is 1030. The lowest BCUT2D eigenvalue weighted by atomic mass is 10.1. The number of aromatic nitrogens is 2. The number of benzene rings is 1. The van der Waals surface area contributed by atoms with E-state index in [0.717, 1.165) is 16.8 Å². The molecule has 0 aliphatic heterocycles. The number of nitrogens with zero attached hydrogens (tertiary/aromatic N) is 4. The average Bonchev–Trinajstić information content (AvgIpc) is 3.38. The van der Waals surface area contributed by atoms with Gasteiger partial charge in [-0.3, -0.25) is 29.7 Å². The standard InChI is InChI=1S/C16H13BrF3N5O5/c1-7-10(24(27)28)4-9(5-11(7)25(29)30)21-12(26)6-23-14(8-2-3-8)13(17)15(22-23)16(18,19)20/h4-5,8H,2-3,6H2,1H3,(H,21,26). The van der Waals surface area contributed by atoms with Crippen LogP contribution in [-0.4, -0.2) is 25.5 Å². The lowest BCUT2D eigenvalue weighted by Gasteiger charge is -2.09. The molecule has 30 heavy (non-hydrogen) atoms. The van der Waals surface area contributed by atoms with Gasteiger partial charge in [-0.1, -0.05) is 0 Å². The molecule has 1 fully saturated rings. The van der Waals surface area contributed by atoms with Crippen molar-refractivity contribution in [2.75, 3.05) is 5.32 Å². The molecular weight excluding hydrogens is 479 g/mol. The molecule has 1 aliphatic rings. The molecule has 2 aromatic rings. The number of nitro groups is 2. The van der Waals surface area contributed by atoms with Gasteiger partial charge < -0.3 is 5.32 Å². The Hall–Kier alpha value is -3.03. The predicted octanol–water partition coefficient (Wildman–Crippen LogP) is 4.31. The second-order valence-corrected chi connectivity index (χ2v) is 7.47. The molecule has 10 nitrogen and oxygen atoms in total. The third-order valence-corrected chi connectivity index (χ3v) is 5.27. The first-order valence-electron chi connectivity index (χ1n) is 8.46. The van der Waals surface area contributed by atoms with E-state index in [1.54, 1.807) is 0 Å². The van der Waals surface area contributed by atoms with Gasteiger partial charge in [-0.05, 0) is 35.7 Å². The summed E-state index contributed by atoms with van der Waals surface area (Å²) in [4.78, 5) is 33.0. The van der Waals surface area contributed by atoms with Gasteiger partial charge in [0.25, 0.3) is 11.4 Å². The molecule has 1 aromatic heterocycles. The lowest BCUT2D eigenvalue weighted by molar-refractivity contribution is -0.395. The van der Waals surface area contributed by atoms with Gasteiger partial charge in [0.05, 0.1) is 25.7 Å². The number of alkyl halides is 3. The predicted molar refractivity (Wildman–Crippen MR) is 100 cm³/mol. The maximum Gasteiger partial charge on any atom is 0.436 e. The van der Waals surface area contributed by atoms with Crippen molar-refractivity contribution in [1.29, 1.82) is 0 Å². The summed E-state index contributed by atoms with van der Waals surface area (Å²) in [5.41, 5.74) is -2.47. The molecule has 1 amide bonds. The molecule has 1 aliphatic carbocycles. The lowest BCUT2D eigenvalue weighted by Crippen LogP contribution is -2.21. The first kappa shape index (κ1) is 21.7. The normalized spacial score (nSPS) is 13.9. The summed E-state index contributed by atoms with van der Waals surface area (Å²) in [5, 5.41) is 28.0. The van der Waals surface area contributed by atoms with Crippen LogP contribution in [0.3, 0.4) is 0 Å². The minimum absolute atomic E-state index is 0.169. The van der Waals surface area contributed by atoms with E-state index < -0.39 is 45.5 Å². The van der Waals surface area contributed by atoms with Crippen molar-refractivity contribution >= 4 is 38.9 Å². The number of nitrogens with one attached hydrogen (secondary N) is 1. The van der Waals surface area contributed by atoms with Crippen molar-refractivity contribution in [2.45, 2.75) is 38.4 Å². The van der Waals surface area contributed by atoms with Crippen LogP contribution in [0.1, 0.15) is 35.7 Å². The molecule has 3 rings (SSSR count). The fourth-order valence-corrected chi connectivity index (χ4v) is 3.81. The fourth-order valence-electron chi connectivity index (χ4n) is 2.97. The van der Waals surface area contributed by atoms with Crippen LogP contribution in [0.4, 0.5) is 30.2 Å². The first-order valence-corrected chi connectivity index (χ1v) is 9.26. The zero-order valence-electron chi connectivity index (χ0n) is 15.2. The molecule has 1 heterocycles. The van der Waals surface area contributed by atoms with Crippen molar-refractivity contribution in [2.24, 2.45) is 0 Å². The maximum absolute atomic E-state index is 13.2. The maximum atomic E-state index is 13.2. The van der Waals surface area contributed by atoms with Gasteiger partial charge in [-0.25, -0.2) is 0 Å². The van der Waals surface area contributed by atoms with E-state index in [9.17, 15) is 38.2 Å². The summed E-state index contributed by atoms with van der Waals surface area (Å²) >= 11 is 2.91. The highest BCUT2D eigenvalue weighted by Gasteiger charge is 2.42. The highest BCUT2D eigenvalue weighted by molar-refractivity contribution is 9.10. The Morgan fingerprint density at radius 1 is 1.27 bits per heavy atom. The molecule has 0 spiro atoms. The Morgan fingerprint density at radius 3 is 2.23 bits per heavy atom. The minimum Gasteiger partial charge on any atom is -0.324 e. The summed E-state index contributed by atoms with van der Waals surface area (Å²) in [6, 6.07) is 1.89. The third kappa shape index (κ3) is 4.27. The van der Waals surface area contributed by atoms with E-state index in [1.807, 2.05) is 0 Å². The van der Waals surface area contributed by atoms with E-state index in [2.05, 4.69) is 26.3 Å². The molecule has 0 saturated heterocycles. The summed E-state index contributed by atoms with van der Waals surface area (Å²) in [6.45, 7) is 0.597. The summed E-state index contributed by atoms with van der Waals surface area (Å²) < 4.78 is 40.2. The highest BCUT2D eigenvalue weighted by atomic mass is 79.9. The topological polar surface area (TPSA) is 133 Å². The van der Waals surface area contributed by atoms with Gasteiger partial charge in [0.15, 0.2) is 5.69 Å². The number of carbonyl (C=O) groups excluding carboxylic acids is 1. The Balaban J connectivity index is 1.90. The molecular formula is C16H13BrF3N5O5. The molecule has 14 heteroatoms. The van der Waals surface area contributed by atoms with Crippen molar-refractivity contribution in [3.8, 4) is 0 Å². The minimum atomic E-state index is -4.72. The molecule has 1 aromatic carbocycles. The van der Waals surface area contributed by atoms with Crippen LogP contribution >= 0.6 is 15.9 Å². The fraction of sp³-hybridized carbons (Fsp3) is 0.375. The number of amides is 1. The van der Waals surface area contributed by atoms with Crippen LogP contribution in [0, 0.1) is 27.2 Å². The molecule has 0 radical (unpaired) electrons. The summed E-state index contributed by atoms with van der Waals surface area (Å²) in [5.74, 6) is -1.01. The number of rotatable bonds is 6. The molecule has 0 bridgehead atoms. The number of hydrogen-bond acceptors (Lipinski definition) is 6. The van der Waals surface area contributed by atoms with E-state index >= 15 is 0 Å². The molecule has 0 atom stereocenters. The largest absolute Gasteiger partial charge is 0.436 e. The second-order valence-electron chi connectivity index (χ2n) is 6.68. The van der Waals surface area contributed by atoms with Crippen molar-refractivity contribution < 1.29 is 27.8 Å². The van der Waals surface area contributed by atoms with Gasteiger partial charge in [0.2, 0.25) is 5.91 Å². The van der Waals surface area contributed by atoms with E-state index in [1.165, 1.54) is 6.92 Å². The SMILES string of the molecule is Cc1c([N+](=O)[O-])cc(NC(=O)Cn2nc(C(F)(F)F)c(Br)c2C2CC2)cc1[N+](=O)[O-]. The van der Waals surface area contributed by atoms with E-state index in [4.69, 9.17) is 0 Å². The number of anilines is 1. The second kappa shape index (κ2) is 7.66. The third-order valence-electron chi connectivity index (χ3n) is 4.49. The summed E-state index contributed by atoms with van der Waals surface area (Å²) in [7, 11) is 0. The van der Waals surface area contributed by atoms with Crippen LogP contribution in [0.25, 0.3) is 0 Å². The number of halogens is 4. The number of carbonyl (C=O) groups is 1. The highest BCUT2D eigenvalue weighted by Crippen LogP contribution is 2.47. The monoisotopic (exact) mass is 491 g/mol. The smallest absolute Gasteiger partial charge is 0.324 e. The molecule has 1 N–H and O–H groups in total. The van der Waals surface area contributed by atoms with Crippen molar-refractivity contribution in [3.63, 3.8) is 0 Å². The van der Waals surface area contributed by atoms with Crippen LogP contribution in [0.5, 0.6) is 0 Å². The van der Waals surface area contributed by atoms with E-state index in [-0.39, 0.29) is 27.3 Å². The van der Waals surface area contributed by atoms with Gasteiger partial charge in [-0.2, -0.15) is 18.3 Å². The Labute approximate surface area is 174 Å². The molecule has 1 saturated carbocycles.